The van der Waals surface area contributed by atoms with E-state index < -0.39 is 0 Å². The van der Waals surface area contributed by atoms with Crippen LogP contribution in [-0.2, 0) is 0 Å². The summed E-state index contributed by atoms with van der Waals surface area (Å²) in [5.74, 6) is 1.28. The van der Waals surface area contributed by atoms with E-state index in [2.05, 4.69) is 44.8 Å². The predicted octanol–water partition coefficient (Wildman–Crippen LogP) is 3.69. The van der Waals surface area contributed by atoms with Crippen LogP contribution in [0.1, 0.15) is 53.4 Å². The molecule has 1 nitrogen and oxygen atoms in total. The number of hydrogen-bond acceptors (Lipinski definition) is 2. The number of rotatable bonds is 9. The Morgan fingerprint density at radius 2 is 1.86 bits per heavy atom. The third-order valence-electron chi connectivity index (χ3n) is 2.22. The van der Waals surface area contributed by atoms with Gasteiger partial charge in [-0.2, -0.15) is 11.8 Å². The summed E-state index contributed by atoms with van der Waals surface area (Å²) in [6.07, 6.45) is 5.27. The average Bonchev–Trinajstić information content (AvgIpc) is 2.16. The highest BCUT2D eigenvalue weighted by molar-refractivity contribution is 7.99. The normalized spacial score (nSPS) is 13.5. The van der Waals surface area contributed by atoms with Gasteiger partial charge in [-0.15, -0.1) is 0 Å². The maximum atomic E-state index is 3.64. The first-order valence-electron chi connectivity index (χ1n) is 6.05. The van der Waals surface area contributed by atoms with Crippen LogP contribution in [0.3, 0.4) is 0 Å². The highest BCUT2D eigenvalue weighted by Crippen LogP contribution is 2.13. The minimum absolute atomic E-state index is 0.738. The minimum Gasteiger partial charge on any atom is -0.313 e. The summed E-state index contributed by atoms with van der Waals surface area (Å²) in [6, 6.07) is 0.738. The molecule has 0 rings (SSSR count). The first-order chi connectivity index (χ1) is 6.70. The molecule has 0 amide bonds. The summed E-state index contributed by atoms with van der Waals surface area (Å²) in [5.41, 5.74) is 0. The lowest BCUT2D eigenvalue weighted by atomic mass is 10.1. The fourth-order valence-electron chi connectivity index (χ4n) is 1.35. The molecule has 2 heteroatoms. The third-order valence-corrected chi connectivity index (χ3v) is 3.48. The molecule has 0 aromatic heterocycles. The summed E-state index contributed by atoms with van der Waals surface area (Å²) in [6.45, 7) is 10.2. The Morgan fingerprint density at radius 3 is 2.36 bits per heavy atom. The van der Waals surface area contributed by atoms with Crippen LogP contribution in [0.15, 0.2) is 0 Å². The molecule has 0 saturated heterocycles. The molecule has 86 valence electrons. The van der Waals surface area contributed by atoms with Crippen molar-refractivity contribution in [2.45, 2.75) is 64.7 Å². The highest BCUT2D eigenvalue weighted by Gasteiger charge is 2.07. The molecule has 0 aromatic carbocycles. The van der Waals surface area contributed by atoms with Gasteiger partial charge in [0.15, 0.2) is 0 Å². The molecule has 0 aromatic rings. The standard InChI is InChI=1S/C12H27NS/c1-5-7-8-12(13-9-6-2)10-14-11(3)4/h11-13H,5-10H2,1-4H3. The molecule has 1 N–H and O–H groups in total. The number of nitrogens with one attached hydrogen (secondary N) is 1. The van der Waals surface area contributed by atoms with Crippen molar-refractivity contribution in [3.05, 3.63) is 0 Å². The van der Waals surface area contributed by atoms with E-state index in [1.807, 2.05) is 0 Å². The van der Waals surface area contributed by atoms with Crippen molar-refractivity contribution < 1.29 is 0 Å². The average molecular weight is 217 g/mol. The van der Waals surface area contributed by atoms with Crippen molar-refractivity contribution in [3.8, 4) is 0 Å². The molecule has 0 bridgehead atoms. The van der Waals surface area contributed by atoms with Gasteiger partial charge in [0.25, 0.3) is 0 Å². The molecule has 14 heavy (non-hydrogen) atoms. The molecular weight excluding hydrogens is 190 g/mol. The van der Waals surface area contributed by atoms with Crippen molar-refractivity contribution in [3.63, 3.8) is 0 Å². The molecule has 0 aliphatic rings. The van der Waals surface area contributed by atoms with Crippen molar-refractivity contribution in [1.82, 2.24) is 5.32 Å². The zero-order chi connectivity index (χ0) is 10.8. The molecule has 0 aliphatic carbocycles. The molecule has 0 spiro atoms. The fourth-order valence-corrected chi connectivity index (χ4v) is 2.25. The van der Waals surface area contributed by atoms with E-state index in [1.165, 1.54) is 38.0 Å². The zero-order valence-corrected chi connectivity index (χ0v) is 11.1. The summed E-state index contributed by atoms with van der Waals surface area (Å²) in [5, 5.41) is 4.41. The lowest BCUT2D eigenvalue weighted by molar-refractivity contribution is 0.501. The Labute approximate surface area is 94.4 Å². The molecule has 0 fully saturated rings. The largest absolute Gasteiger partial charge is 0.313 e. The van der Waals surface area contributed by atoms with Gasteiger partial charge in [0.05, 0.1) is 0 Å². The maximum absolute atomic E-state index is 3.64. The van der Waals surface area contributed by atoms with Gasteiger partial charge in [-0.1, -0.05) is 40.5 Å². The van der Waals surface area contributed by atoms with Gasteiger partial charge in [-0.3, -0.25) is 0 Å². The molecule has 1 atom stereocenters. The molecule has 0 aliphatic heterocycles. The molecule has 0 saturated carbocycles. The lowest BCUT2D eigenvalue weighted by Gasteiger charge is -2.18. The predicted molar refractivity (Wildman–Crippen MR) is 69.2 cm³/mol. The lowest BCUT2D eigenvalue weighted by Crippen LogP contribution is -2.32. The van der Waals surface area contributed by atoms with Gasteiger partial charge < -0.3 is 5.32 Å². The van der Waals surface area contributed by atoms with E-state index in [0.717, 1.165) is 11.3 Å². The Balaban J connectivity index is 3.60. The van der Waals surface area contributed by atoms with Gasteiger partial charge in [-0.05, 0) is 24.6 Å². The van der Waals surface area contributed by atoms with Crippen molar-refractivity contribution in [1.29, 1.82) is 0 Å². The van der Waals surface area contributed by atoms with E-state index >= 15 is 0 Å². The highest BCUT2D eigenvalue weighted by atomic mass is 32.2. The maximum Gasteiger partial charge on any atom is 0.0158 e. The summed E-state index contributed by atoms with van der Waals surface area (Å²) in [4.78, 5) is 0. The molecule has 0 radical (unpaired) electrons. The number of unbranched alkanes of at least 4 members (excludes halogenated alkanes) is 1. The van der Waals surface area contributed by atoms with Crippen LogP contribution in [0.4, 0.5) is 0 Å². The smallest absolute Gasteiger partial charge is 0.0158 e. The second-order valence-corrected chi connectivity index (χ2v) is 5.78. The molecule has 1 unspecified atom stereocenters. The van der Waals surface area contributed by atoms with E-state index in [4.69, 9.17) is 0 Å². The second kappa shape index (κ2) is 9.85. The van der Waals surface area contributed by atoms with E-state index in [0.29, 0.717) is 0 Å². The van der Waals surface area contributed by atoms with Gasteiger partial charge >= 0.3 is 0 Å². The van der Waals surface area contributed by atoms with Crippen LogP contribution in [0, 0.1) is 0 Å². The molecule has 0 heterocycles. The van der Waals surface area contributed by atoms with E-state index in [9.17, 15) is 0 Å². The van der Waals surface area contributed by atoms with E-state index in [-0.39, 0.29) is 0 Å². The number of hydrogen-bond donors (Lipinski definition) is 1. The Bertz CT molecular complexity index is 107. The quantitative estimate of drug-likeness (QED) is 0.632. The first-order valence-corrected chi connectivity index (χ1v) is 7.10. The fraction of sp³-hybridized carbons (Fsp3) is 1.00. The monoisotopic (exact) mass is 217 g/mol. The summed E-state index contributed by atoms with van der Waals surface area (Å²) < 4.78 is 0. The van der Waals surface area contributed by atoms with Crippen molar-refractivity contribution >= 4 is 11.8 Å². The van der Waals surface area contributed by atoms with Gasteiger partial charge in [0, 0.05) is 11.8 Å². The second-order valence-electron chi connectivity index (χ2n) is 4.18. The van der Waals surface area contributed by atoms with Crippen LogP contribution in [0.5, 0.6) is 0 Å². The topological polar surface area (TPSA) is 12.0 Å². The van der Waals surface area contributed by atoms with Gasteiger partial charge in [0.1, 0.15) is 0 Å². The van der Waals surface area contributed by atoms with Crippen LogP contribution in [0.25, 0.3) is 0 Å². The third kappa shape index (κ3) is 8.89. The Kier molecular flexibility index (Phi) is 10.1. The van der Waals surface area contributed by atoms with E-state index in [1.54, 1.807) is 0 Å². The van der Waals surface area contributed by atoms with Crippen LogP contribution in [-0.4, -0.2) is 23.6 Å². The number of thioether (sulfide) groups is 1. The van der Waals surface area contributed by atoms with Crippen molar-refractivity contribution in [2.24, 2.45) is 0 Å². The Morgan fingerprint density at radius 1 is 1.14 bits per heavy atom. The molecular formula is C12H27NS. The SMILES string of the molecule is CCCCC(CSC(C)C)NCCC. The minimum atomic E-state index is 0.738. The van der Waals surface area contributed by atoms with Gasteiger partial charge in [0.2, 0.25) is 0 Å². The van der Waals surface area contributed by atoms with Crippen LogP contribution < -0.4 is 5.32 Å². The van der Waals surface area contributed by atoms with Crippen molar-refractivity contribution in [2.75, 3.05) is 12.3 Å². The van der Waals surface area contributed by atoms with Gasteiger partial charge in [-0.25, -0.2) is 0 Å². The zero-order valence-electron chi connectivity index (χ0n) is 10.3. The first kappa shape index (κ1) is 14.3. The van der Waals surface area contributed by atoms with Crippen LogP contribution in [0.2, 0.25) is 0 Å². The summed E-state index contributed by atoms with van der Waals surface area (Å²) >= 11 is 2.08. The Hall–Kier alpha value is 0.310. The summed E-state index contributed by atoms with van der Waals surface area (Å²) in [7, 11) is 0. The van der Waals surface area contributed by atoms with Crippen LogP contribution >= 0.6 is 11.8 Å².